The molecular formula is C19H20FNO5S. The van der Waals surface area contributed by atoms with Gasteiger partial charge in [-0.2, -0.15) is 0 Å². The number of halogens is 1. The quantitative estimate of drug-likeness (QED) is 0.549. The molecule has 144 valence electrons. The number of ketones is 1. The molecule has 2 rings (SSSR count). The van der Waals surface area contributed by atoms with Crippen LogP contribution >= 0.6 is 0 Å². The second kappa shape index (κ2) is 8.88. The first kappa shape index (κ1) is 20.7. The van der Waals surface area contributed by atoms with Gasteiger partial charge < -0.3 is 4.74 Å². The summed E-state index contributed by atoms with van der Waals surface area (Å²) in [7, 11) is -4.10. The second-order valence-corrected chi connectivity index (χ2v) is 7.55. The van der Waals surface area contributed by atoms with Gasteiger partial charge in [-0.1, -0.05) is 37.6 Å². The van der Waals surface area contributed by atoms with E-state index in [9.17, 15) is 22.4 Å². The summed E-state index contributed by atoms with van der Waals surface area (Å²) in [6, 6.07) is 9.46. The monoisotopic (exact) mass is 393 g/mol. The number of benzene rings is 2. The zero-order valence-corrected chi connectivity index (χ0v) is 15.6. The topological polar surface area (TPSA) is 104 Å². The van der Waals surface area contributed by atoms with E-state index in [4.69, 9.17) is 9.88 Å². The molecule has 0 amide bonds. The fourth-order valence-corrected chi connectivity index (χ4v) is 2.91. The van der Waals surface area contributed by atoms with E-state index < -0.39 is 44.7 Å². The normalized spacial score (nSPS) is 11.2. The van der Waals surface area contributed by atoms with E-state index >= 15 is 0 Å². The maximum Gasteiger partial charge on any atom is 0.341 e. The molecule has 2 aromatic carbocycles. The van der Waals surface area contributed by atoms with E-state index in [-0.39, 0.29) is 0 Å². The van der Waals surface area contributed by atoms with Gasteiger partial charge in [0.05, 0.1) is 10.5 Å². The van der Waals surface area contributed by atoms with Crippen molar-refractivity contribution >= 4 is 21.8 Å². The van der Waals surface area contributed by atoms with E-state index in [2.05, 4.69) is 6.92 Å². The van der Waals surface area contributed by atoms with Gasteiger partial charge in [0, 0.05) is 5.56 Å². The summed E-state index contributed by atoms with van der Waals surface area (Å²) < 4.78 is 41.2. The average Bonchev–Trinajstić information content (AvgIpc) is 2.64. The van der Waals surface area contributed by atoms with Crippen LogP contribution in [0.2, 0.25) is 0 Å². The van der Waals surface area contributed by atoms with Gasteiger partial charge >= 0.3 is 5.97 Å². The number of aryl methyl sites for hydroxylation is 1. The molecule has 0 fully saturated rings. The third-order valence-electron chi connectivity index (χ3n) is 3.92. The first-order chi connectivity index (χ1) is 12.7. The van der Waals surface area contributed by atoms with Crippen molar-refractivity contribution in [1.29, 1.82) is 0 Å². The Labute approximate surface area is 157 Å². The lowest BCUT2D eigenvalue weighted by Crippen LogP contribution is -2.17. The highest BCUT2D eigenvalue weighted by Gasteiger charge is 2.19. The summed E-state index contributed by atoms with van der Waals surface area (Å²) in [6.45, 7) is 1.50. The van der Waals surface area contributed by atoms with Crippen LogP contribution in [0.5, 0.6) is 0 Å². The van der Waals surface area contributed by atoms with Gasteiger partial charge in [-0.05, 0) is 36.6 Å². The van der Waals surface area contributed by atoms with Crippen molar-refractivity contribution in [3.8, 4) is 0 Å². The molecule has 27 heavy (non-hydrogen) atoms. The second-order valence-electron chi connectivity index (χ2n) is 5.99. The number of hydrogen-bond donors (Lipinski definition) is 1. The summed E-state index contributed by atoms with van der Waals surface area (Å²) in [5, 5.41) is 4.96. The minimum absolute atomic E-state index is 0.363. The number of primary sulfonamides is 1. The summed E-state index contributed by atoms with van der Waals surface area (Å²) in [5.41, 5.74) is 0.860. The molecule has 0 bridgehead atoms. The number of rotatable bonds is 8. The molecule has 0 radical (unpaired) electrons. The zero-order valence-electron chi connectivity index (χ0n) is 14.8. The van der Waals surface area contributed by atoms with Gasteiger partial charge in [0.15, 0.2) is 12.4 Å². The summed E-state index contributed by atoms with van der Waals surface area (Å²) in [5.74, 6) is -2.57. The lowest BCUT2D eigenvalue weighted by atomic mass is 10.0. The molecule has 2 aromatic rings. The van der Waals surface area contributed by atoms with Crippen LogP contribution in [0.25, 0.3) is 0 Å². The smallest absolute Gasteiger partial charge is 0.341 e. The number of unbranched alkanes of at least 4 members (excludes halogenated alkanes) is 1. The van der Waals surface area contributed by atoms with Crippen LogP contribution in [0.1, 0.15) is 46.0 Å². The number of nitrogens with two attached hydrogens (primary N) is 1. The van der Waals surface area contributed by atoms with E-state index in [1.807, 2.05) is 12.1 Å². The molecular weight excluding hydrogens is 373 g/mol. The predicted octanol–water partition coefficient (Wildman–Crippen LogP) is 2.86. The number of Topliss-reactive ketones (excluding diaryl/α,β-unsaturated/α-hetero) is 1. The standard InChI is InChI=1S/C19H20FNO5S/c1-2-3-4-13-5-7-14(8-6-13)18(22)12-26-19(23)16-11-15(27(21,24)25)9-10-17(16)20/h5-11H,2-4,12H2,1H3,(H2,21,24,25). The first-order valence-corrected chi connectivity index (χ1v) is 9.88. The van der Waals surface area contributed by atoms with Crippen LogP contribution in [-0.4, -0.2) is 26.8 Å². The van der Waals surface area contributed by atoms with Gasteiger partial charge in [-0.3, -0.25) is 4.79 Å². The van der Waals surface area contributed by atoms with Crippen LogP contribution in [0.4, 0.5) is 4.39 Å². The summed E-state index contributed by atoms with van der Waals surface area (Å²) >= 11 is 0. The lowest BCUT2D eigenvalue weighted by molar-refractivity contribution is 0.0470. The molecule has 0 saturated heterocycles. The summed E-state index contributed by atoms with van der Waals surface area (Å²) in [4.78, 5) is 23.7. The number of carbonyl (C=O) groups excluding carboxylic acids is 2. The van der Waals surface area contributed by atoms with Crippen LogP contribution in [0, 0.1) is 5.82 Å². The fourth-order valence-electron chi connectivity index (χ4n) is 2.37. The largest absolute Gasteiger partial charge is 0.454 e. The summed E-state index contributed by atoms with van der Waals surface area (Å²) in [6.07, 6.45) is 3.04. The molecule has 0 unspecified atom stereocenters. The average molecular weight is 393 g/mol. The Balaban J connectivity index is 2.04. The molecule has 0 atom stereocenters. The Kier molecular flexibility index (Phi) is 6.81. The zero-order chi connectivity index (χ0) is 20.0. The molecule has 0 spiro atoms. The van der Waals surface area contributed by atoms with Gasteiger partial charge in [0.25, 0.3) is 0 Å². The molecule has 0 aliphatic rings. The minimum atomic E-state index is -4.10. The highest BCUT2D eigenvalue weighted by atomic mass is 32.2. The SMILES string of the molecule is CCCCc1ccc(C(=O)COC(=O)c2cc(S(N)(=O)=O)ccc2F)cc1. The number of ether oxygens (including phenoxy) is 1. The van der Waals surface area contributed by atoms with E-state index in [1.165, 1.54) is 0 Å². The number of hydrogen-bond acceptors (Lipinski definition) is 5. The van der Waals surface area contributed by atoms with Crippen LogP contribution in [0.15, 0.2) is 47.4 Å². The maximum atomic E-state index is 13.8. The minimum Gasteiger partial charge on any atom is -0.454 e. The highest BCUT2D eigenvalue weighted by molar-refractivity contribution is 7.89. The Morgan fingerprint density at radius 3 is 2.37 bits per heavy atom. The lowest BCUT2D eigenvalue weighted by Gasteiger charge is -2.07. The van der Waals surface area contributed by atoms with Gasteiger partial charge in [-0.25, -0.2) is 22.7 Å². The van der Waals surface area contributed by atoms with E-state index in [1.54, 1.807) is 12.1 Å². The molecule has 0 aliphatic carbocycles. The van der Waals surface area contributed by atoms with Crippen LogP contribution in [-0.2, 0) is 21.2 Å². The predicted molar refractivity (Wildman–Crippen MR) is 97.4 cm³/mol. The van der Waals surface area contributed by atoms with Crippen LogP contribution in [0.3, 0.4) is 0 Å². The molecule has 0 heterocycles. The van der Waals surface area contributed by atoms with Gasteiger partial charge in [0.1, 0.15) is 5.82 Å². The van der Waals surface area contributed by atoms with Crippen LogP contribution < -0.4 is 5.14 Å². The van der Waals surface area contributed by atoms with E-state index in [0.717, 1.165) is 43.0 Å². The van der Waals surface area contributed by atoms with Crippen molar-refractivity contribution in [2.45, 2.75) is 31.1 Å². The molecule has 0 aromatic heterocycles. The third-order valence-corrected chi connectivity index (χ3v) is 4.83. The number of carbonyl (C=O) groups is 2. The fraction of sp³-hybridized carbons (Fsp3) is 0.263. The van der Waals surface area contributed by atoms with E-state index in [0.29, 0.717) is 5.56 Å². The van der Waals surface area contributed by atoms with Crippen molar-refractivity contribution in [1.82, 2.24) is 0 Å². The Morgan fingerprint density at radius 2 is 1.78 bits per heavy atom. The molecule has 8 heteroatoms. The Morgan fingerprint density at radius 1 is 1.11 bits per heavy atom. The Bertz CT molecular complexity index is 939. The number of sulfonamides is 1. The van der Waals surface area contributed by atoms with Crippen molar-refractivity contribution in [3.63, 3.8) is 0 Å². The Hall–Kier alpha value is -2.58. The number of esters is 1. The van der Waals surface area contributed by atoms with Gasteiger partial charge in [-0.15, -0.1) is 0 Å². The molecule has 0 aliphatic heterocycles. The molecule has 2 N–H and O–H groups in total. The van der Waals surface area contributed by atoms with Crippen molar-refractivity contribution in [3.05, 3.63) is 65.0 Å². The molecule has 0 saturated carbocycles. The maximum absolute atomic E-state index is 13.8. The van der Waals surface area contributed by atoms with Crippen molar-refractivity contribution < 1.29 is 27.1 Å². The third kappa shape index (κ3) is 5.70. The molecule has 6 nitrogen and oxygen atoms in total. The van der Waals surface area contributed by atoms with Crippen molar-refractivity contribution in [2.24, 2.45) is 5.14 Å². The first-order valence-electron chi connectivity index (χ1n) is 8.34. The van der Waals surface area contributed by atoms with Crippen molar-refractivity contribution in [2.75, 3.05) is 6.61 Å². The van der Waals surface area contributed by atoms with Gasteiger partial charge in [0.2, 0.25) is 10.0 Å². The highest BCUT2D eigenvalue weighted by Crippen LogP contribution is 2.15.